The predicted molar refractivity (Wildman–Crippen MR) is 87.4 cm³/mol. The summed E-state index contributed by atoms with van der Waals surface area (Å²) < 4.78 is 5.64. The van der Waals surface area contributed by atoms with E-state index >= 15 is 0 Å². The van der Waals surface area contributed by atoms with Crippen molar-refractivity contribution in [2.75, 3.05) is 20.1 Å². The van der Waals surface area contributed by atoms with Crippen LogP contribution in [0.1, 0.15) is 34.8 Å². The second-order valence-corrected chi connectivity index (χ2v) is 7.08. The Morgan fingerprint density at radius 1 is 1.24 bits per heavy atom. The molecule has 2 aromatic heterocycles. The second-order valence-electron chi connectivity index (χ2n) is 6.09. The average molecular weight is 304 g/mol. The van der Waals surface area contributed by atoms with Gasteiger partial charge in [0.2, 0.25) is 0 Å². The van der Waals surface area contributed by atoms with Crippen LogP contribution in [0.5, 0.6) is 0 Å². The Balaban J connectivity index is 1.51. The molecule has 0 unspecified atom stereocenters. The third kappa shape index (κ3) is 4.19. The first-order valence-corrected chi connectivity index (χ1v) is 8.59. The van der Waals surface area contributed by atoms with Crippen molar-refractivity contribution < 1.29 is 4.42 Å². The van der Waals surface area contributed by atoms with E-state index in [0.29, 0.717) is 0 Å². The number of aryl methyl sites for hydroxylation is 1. The maximum atomic E-state index is 5.64. The molecule has 3 heterocycles. The highest BCUT2D eigenvalue weighted by molar-refractivity contribution is 7.10. The van der Waals surface area contributed by atoms with Crippen molar-refractivity contribution in [2.45, 2.75) is 39.4 Å². The maximum absolute atomic E-state index is 5.64. The Bertz CT molecular complexity index is 569. The van der Waals surface area contributed by atoms with E-state index in [4.69, 9.17) is 4.42 Å². The van der Waals surface area contributed by atoms with Crippen LogP contribution in [0.25, 0.3) is 0 Å². The molecule has 1 aliphatic heterocycles. The van der Waals surface area contributed by atoms with Gasteiger partial charge < -0.3 is 4.42 Å². The molecule has 1 saturated heterocycles. The van der Waals surface area contributed by atoms with Gasteiger partial charge in [0.15, 0.2) is 0 Å². The van der Waals surface area contributed by atoms with Gasteiger partial charge in [-0.15, -0.1) is 11.3 Å². The molecule has 0 amide bonds. The number of furan rings is 1. The molecule has 0 bridgehead atoms. The van der Waals surface area contributed by atoms with Gasteiger partial charge in [-0.25, -0.2) is 0 Å². The first kappa shape index (κ1) is 14.8. The van der Waals surface area contributed by atoms with Crippen LogP contribution in [-0.2, 0) is 19.6 Å². The Morgan fingerprint density at radius 3 is 2.76 bits per heavy atom. The highest BCUT2D eigenvalue weighted by atomic mass is 32.1. The molecule has 4 heteroatoms. The number of thiophene rings is 1. The molecule has 0 N–H and O–H groups in total. The third-order valence-corrected chi connectivity index (χ3v) is 4.93. The smallest absolute Gasteiger partial charge is 0.118 e. The fourth-order valence-electron chi connectivity index (χ4n) is 2.95. The molecule has 1 fully saturated rings. The molecule has 114 valence electrons. The highest BCUT2D eigenvalue weighted by Crippen LogP contribution is 2.20. The molecular formula is C17H24N2OS. The Kier molecular flexibility index (Phi) is 4.78. The molecule has 21 heavy (non-hydrogen) atoms. The van der Waals surface area contributed by atoms with Gasteiger partial charge in [0, 0.05) is 18.0 Å². The minimum Gasteiger partial charge on any atom is -0.465 e. The lowest BCUT2D eigenvalue weighted by Crippen LogP contribution is -2.18. The number of hydrogen-bond acceptors (Lipinski definition) is 4. The fourth-order valence-corrected chi connectivity index (χ4v) is 3.91. The van der Waals surface area contributed by atoms with Gasteiger partial charge in [0.1, 0.15) is 11.5 Å². The molecule has 1 aliphatic rings. The fraction of sp³-hybridized carbons (Fsp3) is 0.529. The van der Waals surface area contributed by atoms with Gasteiger partial charge in [-0.1, -0.05) is 0 Å². The van der Waals surface area contributed by atoms with E-state index < -0.39 is 0 Å². The highest BCUT2D eigenvalue weighted by Gasteiger charge is 2.13. The summed E-state index contributed by atoms with van der Waals surface area (Å²) >= 11 is 1.88. The van der Waals surface area contributed by atoms with Crippen molar-refractivity contribution >= 4 is 11.3 Å². The largest absolute Gasteiger partial charge is 0.465 e. The summed E-state index contributed by atoms with van der Waals surface area (Å²) in [6, 6.07) is 6.47. The molecular weight excluding hydrogens is 280 g/mol. The van der Waals surface area contributed by atoms with Crippen LogP contribution < -0.4 is 0 Å². The monoisotopic (exact) mass is 304 g/mol. The van der Waals surface area contributed by atoms with Crippen LogP contribution >= 0.6 is 11.3 Å². The van der Waals surface area contributed by atoms with Gasteiger partial charge in [-0.3, -0.25) is 9.80 Å². The first-order valence-electron chi connectivity index (χ1n) is 7.71. The van der Waals surface area contributed by atoms with Crippen LogP contribution in [0.3, 0.4) is 0 Å². The van der Waals surface area contributed by atoms with Crippen LogP contribution in [0.15, 0.2) is 28.0 Å². The summed E-state index contributed by atoms with van der Waals surface area (Å²) in [6.07, 6.45) is 2.73. The lowest BCUT2D eigenvalue weighted by atomic mass is 10.3. The average Bonchev–Trinajstić information content (AvgIpc) is 3.15. The molecule has 3 nitrogen and oxygen atoms in total. The van der Waals surface area contributed by atoms with Crippen molar-refractivity contribution in [3.63, 3.8) is 0 Å². The van der Waals surface area contributed by atoms with Crippen LogP contribution in [0.2, 0.25) is 0 Å². The SMILES string of the molecule is Cc1ccc(CN(C)Cc2cc(CN3CCCC3)cs2)o1. The molecule has 0 aromatic carbocycles. The minimum atomic E-state index is 0.868. The Hall–Kier alpha value is -1.10. The number of likely N-dealkylation sites (tertiary alicyclic amines) is 1. The van der Waals surface area contributed by atoms with Gasteiger partial charge in [-0.2, -0.15) is 0 Å². The van der Waals surface area contributed by atoms with Crippen molar-refractivity contribution in [3.05, 3.63) is 45.5 Å². The summed E-state index contributed by atoms with van der Waals surface area (Å²) in [5, 5.41) is 2.32. The maximum Gasteiger partial charge on any atom is 0.118 e. The Morgan fingerprint density at radius 2 is 2.05 bits per heavy atom. The minimum absolute atomic E-state index is 0.868. The number of rotatable bonds is 6. The van der Waals surface area contributed by atoms with E-state index in [0.717, 1.165) is 31.2 Å². The summed E-state index contributed by atoms with van der Waals surface area (Å²) in [5.41, 5.74) is 1.47. The predicted octanol–water partition coefficient (Wildman–Crippen LogP) is 3.88. The molecule has 0 radical (unpaired) electrons. The quantitative estimate of drug-likeness (QED) is 0.807. The zero-order valence-electron chi connectivity index (χ0n) is 13.0. The van der Waals surface area contributed by atoms with Gasteiger partial charge >= 0.3 is 0 Å². The van der Waals surface area contributed by atoms with Crippen molar-refractivity contribution in [3.8, 4) is 0 Å². The van der Waals surface area contributed by atoms with Gasteiger partial charge in [0.25, 0.3) is 0 Å². The lowest BCUT2D eigenvalue weighted by Gasteiger charge is -2.14. The van der Waals surface area contributed by atoms with E-state index in [1.807, 2.05) is 24.3 Å². The van der Waals surface area contributed by atoms with E-state index in [2.05, 4.69) is 34.4 Å². The normalized spacial score (nSPS) is 16.1. The summed E-state index contributed by atoms with van der Waals surface area (Å²) in [6.45, 7) is 7.51. The van der Waals surface area contributed by atoms with Crippen LogP contribution in [0.4, 0.5) is 0 Å². The third-order valence-electron chi connectivity index (χ3n) is 3.96. The number of nitrogens with zero attached hydrogens (tertiary/aromatic N) is 2. The zero-order valence-corrected chi connectivity index (χ0v) is 13.8. The summed E-state index contributed by atoms with van der Waals surface area (Å²) in [5.74, 6) is 2.03. The standard InChI is InChI=1S/C17H24N2OS/c1-14-5-6-16(20-14)11-18(2)12-17-9-15(13-21-17)10-19-7-3-4-8-19/h5-6,9,13H,3-4,7-8,10-12H2,1-2H3. The molecule has 2 aromatic rings. The summed E-state index contributed by atoms with van der Waals surface area (Å²) in [7, 11) is 2.15. The van der Waals surface area contributed by atoms with Crippen molar-refractivity contribution in [2.24, 2.45) is 0 Å². The lowest BCUT2D eigenvalue weighted by molar-refractivity contribution is 0.287. The second kappa shape index (κ2) is 6.77. The van der Waals surface area contributed by atoms with Gasteiger partial charge in [0.05, 0.1) is 6.54 Å². The van der Waals surface area contributed by atoms with E-state index in [1.54, 1.807) is 0 Å². The van der Waals surface area contributed by atoms with E-state index in [1.165, 1.54) is 36.4 Å². The molecule has 3 rings (SSSR count). The molecule has 0 atom stereocenters. The van der Waals surface area contributed by atoms with Gasteiger partial charge in [-0.05, 0) is 69.0 Å². The Labute approximate surface area is 131 Å². The number of hydrogen-bond donors (Lipinski definition) is 0. The van der Waals surface area contributed by atoms with Crippen LogP contribution in [0, 0.1) is 6.92 Å². The van der Waals surface area contributed by atoms with Crippen molar-refractivity contribution in [1.82, 2.24) is 9.80 Å². The zero-order chi connectivity index (χ0) is 14.7. The molecule has 0 spiro atoms. The van der Waals surface area contributed by atoms with E-state index in [-0.39, 0.29) is 0 Å². The first-order chi connectivity index (χ1) is 10.2. The molecule has 0 saturated carbocycles. The summed E-state index contributed by atoms with van der Waals surface area (Å²) in [4.78, 5) is 6.31. The topological polar surface area (TPSA) is 19.6 Å². The van der Waals surface area contributed by atoms with Crippen molar-refractivity contribution in [1.29, 1.82) is 0 Å². The molecule has 0 aliphatic carbocycles. The van der Waals surface area contributed by atoms with Crippen LogP contribution in [-0.4, -0.2) is 29.9 Å². The van der Waals surface area contributed by atoms with E-state index in [9.17, 15) is 0 Å².